The van der Waals surface area contributed by atoms with Gasteiger partial charge in [0.2, 0.25) is 0 Å². The number of hydrogen-bond acceptors (Lipinski definition) is 3. The van der Waals surface area contributed by atoms with Crippen molar-refractivity contribution in [3.8, 4) is 5.75 Å². The monoisotopic (exact) mass is 363 g/mol. The van der Waals surface area contributed by atoms with Crippen LogP contribution in [0.15, 0.2) is 53.0 Å². The van der Waals surface area contributed by atoms with Crippen molar-refractivity contribution in [2.45, 2.75) is 12.5 Å². The van der Waals surface area contributed by atoms with E-state index in [4.69, 9.17) is 0 Å². The van der Waals surface area contributed by atoms with Gasteiger partial charge in [-0.2, -0.15) is 0 Å². The van der Waals surface area contributed by atoms with E-state index in [1.165, 1.54) is 12.1 Å². The second kappa shape index (κ2) is 7.09. The molecule has 0 aliphatic carbocycles. The zero-order valence-electron chi connectivity index (χ0n) is 11.5. The van der Waals surface area contributed by atoms with Crippen LogP contribution in [0.1, 0.15) is 15.9 Å². The summed E-state index contributed by atoms with van der Waals surface area (Å²) >= 11 is 3.27. The summed E-state index contributed by atoms with van der Waals surface area (Å²) in [5.41, 5.74) is 1.10. The van der Waals surface area contributed by atoms with Gasteiger partial charge in [-0.05, 0) is 42.0 Å². The van der Waals surface area contributed by atoms with Crippen molar-refractivity contribution in [3.63, 3.8) is 0 Å². The first-order chi connectivity index (χ1) is 10.5. The van der Waals surface area contributed by atoms with Crippen molar-refractivity contribution in [2.24, 2.45) is 0 Å². The van der Waals surface area contributed by atoms with E-state index >= 15 is 0 Å². The Labute approximate surface area is 135 Å². The zero-order valence-corrected chi connectivity index (χ0v) is 13.1. The lowest BCUT2D eigenvalue weighted by Crippen LogP contribution is -2.42. The van der Waals surface area contributed by atoms with Crippen LogP contribution in [-0.2, 0) is 11.2 Å². The lowest BCUT2D eigenvalue weighted by atomic mass is 10.1. The highest BCUT2D eigenvalue weighted by atomic mass is 79.9. The number of carbonyl (C=O) groups is 2. The number of aromatic hydroxyl groups is 1. The zero-order chi connectivity index (χ0) is 16.1. The number of rotatable bonds is 5. The lowest BCUT2D eigenvalue weighted by molar-refractivity contribution is -0.139. The Kier molecular flexibility index (Phi) is 5.16. The van der Waals surface area contributed by atoms with Crippen molar-refractivity contribution in [1.29, 1.82) is 0 Å². The summed E-state index contributed by atoms with van der Waals surface area (Å²) in [5, 5.41) is 21.0. The summed E-state index contributed by atoms with van der Waals surface area (Å²) in [6, 6.07) is 11.8. The number of carbonyl (C=O) groups excluding carboxylic acids is 1. The summed E-state index contributed by atoms with van der Waals surface area (Å²) in [4.78, 5) is 23.4. The third kappa shape index (κ3) is 4.33. The molecule has 1 unspecified atom stereocenters. The molecule has 2 rings (SSSR count). The Balaban J connectivity index is 2.08. The molecule has 5 nitrogen and oxygen atoms in total. The van der Waals surface area contributed by atoms with Crippen molar-refractivity contribution in [2.75, 3.05) is 0 Å². The highest BCUT2D eigenvalue weighted by Crippen LogP contribution is 2.13. The molecule has 2 aromatic carbocycles. The average Bonchev–Trinajstić information content (AvgIpc) is 2.49. The predicted molar refractivity (Wildman–Crippen MR) is 84.8 cm³/mol. The average molecular weight is 364 g/mol. The largest absolute Gasteiger partial charge is 0.508 e. The molecule has 1 amide bonds. The van der Waals surface area contributed by atoms with E-state index in [0.717, 1.165) is 4.47 Å². The molecule has 0 heterocycles. The van der Waals surface area contributed by atoms with Gasteiger partial charge in [-0.3, -0.25) is 4.79 Å². The highest BCUT2D eigenvalue weighted by Gasteiger charge is 2.21. The Morgan fingerprint density at radius 1 is 1.05 bits per heavy atom. The molecule has 0 aliphatic rings. The van der Waals surface area contributed by atoms with E-state index in [2.05, 4.69) is 21.2 Å². The highest BCUT2D eigenvalue weighted by molar-refractivity contribution is 9.10. The standard InChI is InChI=1S/C16H14BrNO4/c17-12-5-3-11(4-6-12)15(20)18-14(16(21)22)9-10-1-7-13(19)8-2-10/h1-8,14,19H,9H2,(H,18,20)(H,21,22). The van der Waals surface area contributed by atoms with Gasteiger partial charge in [-0.25, -0.2) is 4.79 Å². The van der Waals surface area contributed by atoms with E-state index in [-0.39, 0.29) is 12.2 Å². The van der Waals surface area contributed by atoms with Crippen LogP contribution in [0.5, 0.6) is 5.75 Å². The number of carboxylic acids is 1. The number of aliphatic carboxylic acids is 1. The van der Waals surface area contributed by atoms with Crippen LogP contribution in [0.4, 0.5) is 0 Å². The second-order valence-electron chi connectivity index (χ2n) is 4.74. The minimum Gasteiger partial charge on any atom is -0.508 e. The SMILES string of the molecule is O=C(NC(Cc1ccc(O)cc1)C(=O)O)c1ccc(Br)cc1. The molecule has 0 fully saturated rings. The van der Waals surface area contributed by atoms with Crippen LogP contribution in [-0.4, -0.2) is 28.1 Å². The summed E-state index contributed by atoms with van der Waals surface area (Å²) < 4.78 is 0.836. The number of hydrogen-bond donors (Lipinski definition) is 3. The van der Waals surface area contributed by atoms with E-state index in [1.54, 1.807) is 36.4 Å². The van der Waals surface area contributed by atoms with Gasteiger partial charge in [-0.1, -0.05) is 28.1 Å². The van der Waals surface area contributed by atoms with Crippen LogP contribution in [0.3, 0.4) is 0 Å². The minimum atomic E-state index is -1.11. The topological polar surface area (TPSA) is 86.6 Å². The third-order valence-electron chi connectivity index (χ3n) is 3.09. The normalized spacial score (nSPS) is 11.7. The molecule has 0 aliphatic heterocycles. The van der Waals surface area contributed by atoms with Crippen LogP contribution in [0.25, 0.3) is 0 Å². The molecule has 114 valence electrons. The van der Waals surface area contributed by atoms with E-state index in [0.29, 0.717) is 11.1 Å². The number of halogens is 1. The molecule has 0 spiro atoms. The molecule has 0 saturated heterocycles. The summed E-state index contributed by atoms with van der Waals surface area (Å²) in [5.74, 6) is -1.45. The van der Waals surface area contributed by atoms with E-state index in [1.807, 2.05) is 0 Å². The lowest BCUT2D eigenvalue weighted by Gasteiger charge is -2.15. The van der Waals surface area contributed by atoms with Gasteiger partial charge in [0.15, 0.2) is 0 Å². The fraction of sp³-hybridized carbons (Fsp3) is 0.125. The summed E-state index contributed by atoms with van der Waals surface area (Å²) in [6.45, 7) is 0. The van der Waals surface area contributed by atoms with Crippen molar-refractivity contribution >= 4 is 27.8 Å². The summed E-state index contributed by atoms with van der Waals surface area (Å²) in [6.07, 6.45) is 0.137. The Bertz CT molecular complexity index is 668. The fourth-order valence-electron chi connectivity index (χ4n) is 1.91. The summed E-state index contributed by atoms with van der Waals surface area (Å²) in [7, 11) is 0. The smallest absolute Gasteiger partial charge is 0.326 e. The molecule has 3 N–H and O–H groups in total. The third-order valence-corrected chi connectivity index (χ3v) is 3.61. The molecule has 0 bridgehead atoms. The van der Waals surface area contributed by atoms with E-state index < -0.39 is 17.9 Å². The maximum absolute atomic E-state index is 12.1. The maximum atomic E-state index is 12.1. The number of phenolic OH excluding ortho intramolecular Hbond substituents is 1. The quantitative estimate of drug-likeness (QED) is 0.761. The van der Waals surface area contributed by atoms with Crippen LogP contribution in [0, 0.1) is 0 Å². The van der Waals surface area contributed by atoms with Crippen LogP contribution in [0.2, 0.25) is 0 Å². The van der Waals surface area contributed by atoms with Crippen molar-refractivity contribution < 1.29 is 19.8 Å². The first kappa shape index (κ1) is 16.0. The van der Waals surface area contributed by atoms with Crippen LogP contribution >= 0.6 is 15.9 Å². The molecule has 0 aromatic heterocycles. The predicted octanol–water partition coefficient (Wildman–Crippen LogP) is 2.58. The Morgan fingerprint density at radius 2 is 1.64 bits per heavy atom. The Hall–Kier alpha value is -2.34. The van der Waals surface area contributed by atoms with Gasteiger partial charge in [0, 0.05) is 16.5 Å². The maximum Gasteiger partial charge on any atom is 0.326 e. The fourth-order valence-corrected chi connectivity index (χ4v) is 2.17. The van der Waals surface area contributed by atoms with E-state index in [9.17, 15) is 19.8 Å². The van der Waals surface area contributed by atoms with Gasteiger partial charge in [0.1, 0.15) is 11.8 Å². The number of phenols is 1. The number of nitrogens with one attached hydrogen (secondary N) is 1. The molecular weight excluding hydrogens is 350 g/mol. The molecule has 0 radical (unpaired) electrons. The number of amides is 1. The van der Waals surface area contributed by atoms with Crippen molar-refractivity contribution in [3.05, 3.63) is 64.1 Å². The van der Waals surface area contributed by atoms with Gasteiger partial charge in [0.25, 0.3) is 5.91 Å². The molecule has 0 saturated carbocycles. The first-order valence-electron chi connectivity index (χ1n) is 6.53. The van der Waals surface area contributed by atoms with Gasteiger partial charge in [0.05, 0.1) is 0 Å². The Morgan fingerprint density at radius 3 is 2.18 bits per heavy atom. The molecule has 6 heteroatoms. The molecular formula is C16H14BrNO4. The minimum absolute atomic E-state index is 0.106. The first-order valence-corrected chi connectivity index (χ1v) is 7.32. The number of carboxylic acid groups (broad SMARTS) is 1. The number of benzene rings is 2. The van der Waals surface area contributed by atoms with Crippen molar-refractivity contribution in [1.82, 2.24) is 5.32 Å². The molecule has 1 atom stereocenters. The van der Waals surface area contributed by atoms with Gasteiger partial charge < -0.3 is 15.5 Å². The second-order valence-corrected chi connectivity index (χ2v) is 5.66. The van der Waals surface area contributed by atoms with Crippen LogP contribution < -0.4 is 5.32 Å². The van der Waals surface area contributed by atoms with Gasteiger partial charge >= 0.3 is 5.97 Å². The molecule has 22 heavy (non-hydrogen) atoms. The molecule has 2 aromatic rings. The van der Waals surface area contributed by atoms with Gasteiger partial charge in [-0.15, -0.1) is 0 Å².